The Morgan fingerprint density at radius 1 is 1.19 bits per heavy atom. The van der Waals surface area contributed by atoms with Gasteiger partial charge in [0.2, 0.25) is 11.8 Å². The van der Waals surface area contributed by atoms with E-state index in [0.717, 1.165) is 43.7 Å². The summed E-state index contributed by atoms with van der Waals surface area (Å²) in [5.41, 5.74) is 3.31. The van der Waals surface area contributed by atoms with Crippen molar-refractivity contribution in [3.8, 4) is 0 Å². The number of nitrogens with zero attached hydrogens (tertiary/aromatic N) is 3. The summed E-state index contributed by atoms with van der Waals surface area (Å²) >= 11 is 0. The molecule has 3 aliphatic heterocycles. The zero-order valence-corrected chi connectivity index (χ0v) is 17.7. The molecule has 2 fully saturated rings. The fourth-order valence-corrected chi connectivity index (χ4v) is 5.17. The van der Waals surface area contributed by atoms with Gasteiger partial charge in [-0.2, -0.15) is 0 Å². The predicted octanol–water partition coefficient (Wildman–Crippen LogP) is 1.48. The SMILES string of the molecule is O=C1NC[C@@H](CCC(=O)N2CCc3ccccc32)N2C[C@@H](NCc3ccccn3)C[C@@H]12. The van der Waals surface area contributed by atoms with E-state index in [2.05, 4.69) is 26.6 Å². The van der Waals surface area contributed by atoms with Crippen molar-refractivity contribution in [3.05, 3.63) is 59.9 Å². The lowest BCUT2D eigenvalue weighted by Gasteiger charge is -2.37. The number of para-hydroxylation sites is 1. The first kappa shape index (κ1) is 20.2. The molecular formula is C24H29N5O2. The molecule has 4 heterocycles. The van der Waals surface area contributed by atoms with Crippen LogP contribution in [-0.4, -0.2) is 59.5 Å². The summed E-state index contributed by atoms with van der Waals surface area (Å²) in [6, 6.07) is 14.4. The molecule has 0 radical (unpaired) electrons. The van der Waals surface area contributed by atoms with Crippen LogP contribution in [0.1, 0.15) is 30.5 Å². The minimum atomic E-state index is -0.109. The van der Waals surface area contributed by atoms with Crippen molar-refractivity contribution in [1.29, 1.82) is 0 Å². The second kappa shape index (κ2) is 8.77. The summed E-state index contributed by atoms with van der Waals surface area (Å²) in [7, 11) is 0. The fraction of sp³-hybridized carbons (Fsp3) is 0.458. The van der Waals surface area contributed by atoms with Gasteiger partial charge in [-0.3, -0.25) is 19.5 Å². The number of piperazine rings is 1. The van der Waals surface area contributed by atoms with E-state index in [1.807, 2.05) is 41.3 Å². The minimum absolute atomic E-state index is 0.109. The van der Waals surface area contributed by atoms with E-state index in [9.17, 15) is 9.59 Å². The lowest BCUT2D eigenvalue weighted by atomic mass is 10.0. The van der Waals surface area contributed by atoms with Gasteiger partial charge in [0.15, 0.2) is 0 Å². The molecule has 3 atom stereocenters. The second-order valence-corrected chi connectivity index (χ2v) is 8.71. The molecule has 7 nitrogen and oxygen atoms in total. The monoisotopic (exact) mass is 419 g/mol. The van der Waals surface area contributed by atoms with Gasteiger partial charge in [-0.15, -0.1) is 0 Å². The van der Waals surface area contributed by atoms with Crippen LogP contribution in [0.2, 0.25) is 0 Å². The molecule has 2 amide bonds. The maximum Gasteiger partial charge on any atom is 0.237 e. The number of aromatic nitrogens is 1. The minimum Gasteiger partial charge on any atom is -0.353 e. The first-order valence-corrected chi connectivity index (χ1v) is 11.2. The Hall–Kier alpha value is -2.77. The Labute approximate surface area is 182 Å². The van der Waals surface area contributed by atoms with Crippen LogP contribution in [-0.2, 0) is 22.6 Å². The van der Waals surface area contributed by atoms with E-state index in [4.69, 9.17) is 0 Å². The maximum absolute atomic E-state index is 12.9. The number of fused-ring (bicyclic) bond motifs is 2. The van der Waals surface area contributed by atoms with E-state index in [1.54, 1.807) is 6.20 Å². The quantitative estimate of drug-likeness (QED) is 0.742. The van der Waals surface area contributed by atoms with Gasteiger partial charge in [0.05, 0.1) is 11.7 Å². The lowest BCUT2D eigenvalue weighted by Crippen LogP contribution is -2.58. The largest absolute Gasteiger partial charge is 0.353 e. The molecule has 162 valence electrons. The predicted molar refractivity (Wildman–Crippen MR) is 119 cm³/mol. The van der Waals surface area contributed by atoms with Crippen molar-refractivity contribution in [3.63, 3.8) is 0 Å². The Morgan fingerprint density at radius 2 is 2.06 bits per heavy atom. The number of nitrogens with one attached hydrogen (secondary N) is 2. The number of pyridine rings is 1. The average Bonchev–Trinajstić information content (AvgIpc) is 3.43. The molecule has 2 saturated heterocycles. The molecule has 31 heavy (non-hydrogen) atoms. The Morgan fingerprint density at radius 3 is 2.94 bits per heavy atom. The van der Waals surface area contributed by atoms with E-state index in [0.29, 0.717) is 19.5 Å². The Kier molecular flexibility index (Phi) is 5.70. The summed E-state index contributed by atoms with van der Waals surface area (Å²) in [4.78, 5) is 34.0. The molecule has 0 aliphatic carbocycles. The van der Waals surface area contributed by atoms with Gasteiger partial charge in [-0.05, 0) is 43.0 Å². The third kappa shape index (κ3) is 4.20. The van der Waals surface area contributed by atoms with Gasteiger partial charge in [-0.25, -0.2) is 0 Å². The summed E-state index contributed by atoms with van der Waals surface area (Å²) in [6.07, 6.45) is 4.79. The zero-order chi connectivity index (χ0) is 21.2. The van der Waals surface area contributed by atoms with Gasteiger partial charge in [0.25, 0.3) is 0 Å². The van der Waals surface area contributed by atoms with E-state index >= 15 is 0 Å². The summed E-state index contributed by atoms with van der Waals surface area (Å²) in [5.74, 6) is 0.292. The summed E-state index contributed by atoms with van der Waals surface area (Å²) < 4.78 is 0. The summed E-state index contributed by atoms with van der Waals surface area (Å²) in [6.45, 7) is 2.92. The van der Waals surface area contributed by atoms with Crippen LogP contribution in [0, 0.1) is 0 Å². The Balaban J connectivity index is 1.18. The highest BCUT2D eigenvalue weighted by Gasteiger charge is 2.43. The van der Waals surface area contributed by atoms with Crippen LogP contribution in [0.4, 0.5) is 5.69 Å². The number of rotatable bonds is 6. The highest BCUT2D eigenvalue weighted by atomic mass is 16.2. The van der Waals surface area contributed by atoms with Gasteiger partial charge < -0.3 is 15.5 Å². The summed E-state index contributed by atoms with van der Waals surface area (Å²) in [5, 5.41) is 6.62. The Bertz CT molecular complexity index is 950. The number of hydrogen-bond acceptors (Lipinski definition) is 5. The number of benzene rings is 1. The molecule has 1 aromatic carbocycles. The van der Waals surface area contributed by atoms with E-state index < -0.39 is 0 Å². The smallest absolute Gasteiger partial charge is 0.237 e. The van der Waals surface area contributed by atoms with Crippen LogP contribution < -0.4 is 15.5 Å². The molecule has 0 spiro atoms. The highest BCUT2D eigenvalue weighted by Crippen LogP contribution is 2.30. The number of hydrogen-bond donors (Lipinski definition) is 2. The topological polar surface area (TPSA) is 77.6 Å². The molecule has 0 saturated carbocycles. The molecular weight excluding hydrogens is 390 g/mol. The van der Waals surface area contributed by atoms with Crippen molar-refractivity contribution in [2.75, 3.05) is 24.5 Å². The molecule has 7 heteroatoms. The number of amides is 2. The standard InChI is InChI=1S/C24H29N5O2/c30-23(28-12-10-17-5-1-2-7-21(17)28)9-8-20-15-27-24(31)22-13-19(16-29(20)22)26-14-18-6-3-4-11-25-18/h1-7,11,19-20,22,26H,8-10,12-16H2,(H,27,31)/t19-,20+,22-/m0/s1. The molecule has 0 unspecified atom stereocenters. The lowest BCUT2D eigenvalue weighted by molar-refractivity contribution is -0.129. The van der Waals surface area contributed by atoms with Crippen LogP contribution >= 0.6 is 0 Å². The van der Waals surface area contributed by atoms with E-state index in [1.165, 1.54) is 5.56 Å². The maximum atomic E-state index is 12.9. The van der Waals surface area contributed by atoms with Crippen molar-refractivity contribution in [2.45, 2.75) is 50.4 Å². The van der Waals surface area contributed by atoms with Gasteiger partial charge in [0, 0.05) is 56.6 Å². The molecule has 2 aromatic rings. The van der Waals surface area contributed by atoms with Crippen molar-refractivity contribution in [2.24, 2.45) is 0 Å². The van der Waals surface area contributed by atoms with Crippen molar-refractivity contribution < 1.29 is 9.59 Å². The third-order valence-electron chi connectivity index (χ3n) is 6.80. The molecule has 3 aliphatic rings. The number of carbonyl (C=O) groups excluding carboxylic acids is 2. The van der Waals surface area contributed by atoms with Crippen LogP contribution in [0.3, 0.4) is 0 Å². The molecule has 5 rings (SSSR count). The number of carbonyl (C=O) groups is 2. The number of anilines is 1. The highest BCUT2D eigenvalue weighted by molar-refractivity contribution is 5.95. The van der Waals surface area contributed by atoms with Crippen LogP contribution in [0.25, 0.3) is 0 Å². The molecule has 1 aromatic heterocycles. The van der Waals surface area contributed by atoms with Gasteiger partial charge in [-0.1, -0.05) is 24.3 Å². The van der Waals surface area contributed by atoms with E-state index in [-0.39, 0.29) is 29.9 Å². The normalized spacial score (nSPS) is 25.2. The van der Waals surface area contributed by atoms with Crippen molar-refractivity contribution in [1.82, 2.24) is 20.5 Å². The fourth-order valence-electron chi connectivity index (χ4n) is 5.17. The van der Waals surface area contributed by atoms with Gasteiger partial charge in [0.1, 0.15) is 0 Å². The van der Waals surface area contributed by atoms with Crippen molar-refractivity contribution >= 4 is 17.5 Å². The first-order valence-electron chi connectivity index (χ1n) is 11.2. The third-order valence-corrected chi connectivity index (χ3v) is 6.80. The molecule has 2 N–H and O–H groups in total. The average molecular weight is 420 g/mol. The zero-order valence-electron chi connectivity index (χ0n) is 17.7. The molecule has 0 bridgehead atoms. The van der Waals surface area contributed by atoms with Crippen LogP contribution in [0.15, 0.2) is 48.7 Å². The first-order chi connectivity index (χ1) is 15.2. The van der Waals surface area contributed by atoms with Gasteiger partial charge >= 0.3 is 0 Å². The second-order valence-electron chi connectivity index (χ2n) is 8.71. The van der Waals surface area contributed by atoms with Crippen LogP contribution in [0.5, 0.6) is 0 Å².